The number of aliphatic hydroxyl groups excluding tert-OH is 1. The first-order chi connectivity index (χ1) is 7.77. The molecule has 16 heavy (non-hydrogen) atoms. The summed E-state index contributed by atoms with van der Waals surface area (Å²) in [5.74, 6) is 1.60. The summed E-state index contributed by atoms with van der Waals surface area (Å²) in [4.78, 5) is 0. The van der Waals surface area contributed by atoms with E-state index in [1.165, 1.54) is 0 Å². The second-order valence-corrected chi connectivity index (χ2v) is 3.84. The highest BCUT2D eigenvalue weighted by molar-refractivity contribution is 5.53. The van der Waals surface area contributed by atoms with Gasteiger partial charge in [0.05, 0.1) is 0 Å². The fourth-order valence-corrected chi connectivity index (χ4v) is 2.05. The van der Waals surface area contributed by atoms with Crippen molar-refractivity contribution in [2.45, 2.75) is 25.8 Å². The number of fused-ring (bicyclic) bond motifs is 1. The minimum Gasteiger partial charge on any atom is -0.454 e. The average Bonchev–Trinajstić information content (AvgIpc) is 2.75. The van der Waals surface area contributed by atoms with Gasteiger partial charge in [0.2, 0.25) is 6.79 Å². The smallest absolute Gasteiger partial charge is 0.231 e. The van der Waals surface area contributed by atoms with E-state index in [-0.39, 0.29) is 19.4 Å². The molecule has 2 rings (SSSR count). The predicted molar refractivity (Wildman–Crippen MR) is 60.6 cm³/mol. The number of ether oxygens (including phenoxy) is 2. The molecule has 1 aromatic carbocycles. The lowest BCUT2D eigenvalue weighted by Gasteiger charge is -2.16. The Balaban J connectivity index is 2.38. The van der Waals surface area contributed by atoms with Crippen molar-refractivity contribution < 1.29 is 14.6 Å². The second-order valence-electron chi connectivity index (χ2n) is 3.84. The van der Waals surface area contributed by atoms with Gasteiger partial charge in [0.25, 0.3) is 0 Å². The third-order valence-corrected chi connectivity index (χ3v) is 2.87. The van der Waals surface area contributed by atoms with E-state index in [4.69, 9.17) is 20.3 Å². The SMILES string of the molecule is CCc1c(C(N)CCO)ccc2c1OCO2. The normalized spacial score (nSPS) is 15.2. The largest absolute Gasteiger partial charge is 0.454 e. The molecule has 1 aliphatic heterocycles. The van der Waals surface area contributed by atoms with Crippen LogP contribution >= 0.6 is 0 Å². The Bertz CT molecular complexity index is 379. The highest BCUT2D eigenvalue weighted by Gasteiger charge is 2.21. The van der Waals surface area contributed by atoms with Gasteiger partial charge in [0, 0.05) is 18.2 Å². The third kappa shape index (κ3) is 1.86. The van der Waals surface area contributed by atoms with E-state index < -0.39 is 0 Å². The van der Waals surface area contributed by atoms with Crippen LogP contribution in [0.2, 0.25) is 0 Å². The van der Waals surface area contributed by atoms with Gasteiger partial charge in [-0.25, -0.2) is 0 Å². The lowest BCUT2D eigenvalue weighted by molar-refractivity contribution is 0.173. The molecule has 1 unspecified atom stereocenters. The predicted octanol–water partition coefficient (Wildman–Crippen LogP) is 1.36. The first kappa shape index (κ1) is 11.2. The van der Waals surface area contributed by atoms with Crippen LogP contribution in [0.4, 0.5) is 0 Å². The van der Waals surface area contributed by atoms with Crippen molar-refractivity contribution in [1.82, 2.24) is 0 Å². The van der Waals surface area contributed by atoms with Gasteiger partial charge >= 0.3 is 0 Å². The van der Waals surface area contributed by atoms with Crippen molar-refractivity contribution in [3.05, 3.63) is 23.3 Å². The molecule has 1 aliphatic rings. The van der Waals surface area contributed by atoms with Crippen LogP contribution in [0, 0.1) is 0 Å². The summed E-state index contributed by atoms with van der Waals surface area (Å²) in [6, 6.07) is 3.70. The molecule has 0 amide bonds. The summed E-state index contributed by atoms with van der Waals surface area (Å²) in [6.07, 6.45) is 1.41. The Morgan fingerprint density at radius 3 is 2.94 bits per heavy atom. The average molecular weight is 223 g/mol. The minimum absolute atomic E-state index is 0.0960. The van der Waals surface area contributed by atoms with Crippen molar-refractivity contribution in [3.63, 3.8) is 0 Å². The highest BCUT2D eigenvalue weighted by atomic mass is 16.7. The standard InChI is InChI=1S/C12H17NO3/c1-2-8-9(10(13)5-6-14)3-4-11-12(8)16-7-15-11/h3-4,10,14H,2,5-7,13H2,1H3. The molecule has 1 atom stereocenters. The molecular weight excluding hydrogens is 206 g/mol. The van der Waals surface area contributed by atoms with Crippen LogP contribution in [0.5, 0.6) is 11.5 Å². The molecule has 1 aromatic rings. The van der Waals surface area contributed by atoms with E-state index in [2.05, 4.69) is 6.92 Å². The summed E-state index contributed by atoms with van der Waals surface area (Å²) in [5, 5.41) is 8.92. The molecule has 4 nitrogen and oxygen atoms in total. The Morgan fingerprint density at radius 2 is 2.25 bits per heavy atom. The summed E-state index contributed by atoms with van der Waals surface area (Å²) >= 11 is 0. The quantitative estimate of drug-likeness (QED) is 0.809. The second kappa shape index (κ2) is 4.72. The van der Waals surface area contributed by atoms with E-state index in [0.717, 1.165) is 29.0 Å². The summed E-state index contributed by atoms with van der Waals surface area (Å²) in [5.41, 5.74) is 8.16. The molecule has 4 heteroatoms. The number of hydrogen-bond donors (Lipinski definition) is 2. The van der Waals surface area contributed by atoms with Crippen LogP contribution in [-0.2, 0) is 6.42 Å². The Morgan fingerprint density at radius 1 is 1.44 bits per heavy atom. The Kier molecular flexibility index (Phi) is 3.31. The number of aliphatic hydroxyl groups is 1. The van der Waals surface area contributed by atoms with Crippen LogP contribution in [0.3, 0.4) is 0 Å². The molecule has 0 fully saturated rings. The van der Waals surface area contributed by atoms with Crippen LogP contribution in [0.15, 0.2) is 12.1 Å². The first-order valence-electron chi connectivity index (χ1n) is 5.55. The van der Waals surface area contributed by atoms with E-state index in [9.17, 15) is 0 Å². The molecule has 88 valence electrons. The molecule has 0 radical (unpaired) electrons. The topological polar surface area (TPSA) is 64.7 Å². The number of rotatable bonds is 4. The fraction of sp³-hybridized carbons (Fsp3) is 0.500. The fourth-order valence-electron chi connectivity index (χ4n) is 2.05. The van der Waals surface area contributed by atoms with Crippen LogP contribution in [0.1, 0.15) is 30.5 Å². The molecule has 0 saturated carbocycles. The molecule has 0 saturated heterocycles. The van der Waals surface area contributed by atoms with Crippen molar-refractivity contribution in [3.8, 4) is 11.5 Å². The minimum atomic E-state index is -0.144. The maximum Gasteiger partial charge on any atom is 0.231 e. The third-order valence-electron chi connectivity index (χ3n) is 2.87. The van der Waals surface area contributed by atoms with Crippen molar-refractivity contribution in [1.29, 1.82) is 0 Å². The molecule has 0 bridgehead atoms. The van der Waals surface area contributed by atoms with E-state index in [1.807, 2.05) is 12.1 Å². The molecule has 3 N–H and O–H groups in total. The molecule has 1 heterocycles. The zero-order chi connectivity index (χ0) is 11.5. The van der Waals surface area contributed by atoms with E-state index in [1.54, 1.807) is 0 Å². The molecule has 0 spiro atoms. The van der Waals surface area contributed by atoms with Gasteiger partial charge in [0.15, 0.2) is 11.5 Å². The van der Waals surface area contributed by atoms with Crippen LogP contribution in [-0.4, -0.2) is 18.5 Å². The van der Waals surface area contributed by atoms with Gasteiger partial charge in [-0.1, -0.05) is 13.0 Å². The maximum atomic E-state index is 8.92. The van der Waals surface area contributed by atoms with Gasteiger partial charge in [0.1, 0.15) is 0 Å². The van der Waals surface area contributed by atoms with Crippen molar-refractivity contribution in [2.24, 2.45) is 5.73 Å². The monoisotopic (exact) mass is 223 g/mol. The lowest BCUT2D eigenvalue weighted by Crippen LogP contribution is -2.14. The molecular formula is C12H17NO3. The summed E-state index contributed by atoms with van der Waals surface area (Å²) in [6.45, 7) is 2.44. The van der Waals surface area contributed by atoms with Gasteiger partial charge in [-0.3, -0.25) is 0 Å². The van der Waals surface area contributed by atoms with Gasteiger partial charge in [-0.05, 0) is 24.5 Å². The summed E-state index contributed by atoms with van der Waals surface area (Å²) < 4.78 is 10.8. The van der Waals surface area contributed by atoms with Crippen LogP contribution in [0.25, 0.3) is 0 Å². The zero-order valence-corrected chi connectivity index (χ0v) is 9.40. The Hall–Kier alpha value is -1.26. The van der Waals surface area contributed by atoms with E-state index in [0.29, 0.717) is 6.42 Å². The van der Waals surface area contributed by atoms with Gasteiger partial charge in [-0.15, -0.1) is 0 Å². The lowest BCUT2D eigenvalue weighted by atomic mass is 9.96. The first-order valence-corrected chi connectivity index (χ1v) is 5.55. The number of nitrogens with two attached hydrogens (primary N) is 1. The van der Waals surface area contributed by atoms with Crippen molar-refractivity contribution >= 4 is 0 Å². The highest BCUT2D eigenvalue weighted by Crippen LogP contribution is 2.39. The Labute approximate surface area is 95.0 Å². The number of hydrogen-bond acceptors (Lipinski definition) is 4. The van der Waals surface area contributed by atoms with E-state index >= 15 is 0 Å². The van der Waals surface area contributed by atoms with Crippen LogP contribution < -0.4 is 15.2 Å². The van der Waals surface area contributed by atoms with Crippen molar-refractivity contribution in [2.75, 3.05) is 13.4 Å². The molecule has 0 aromatic heterocycles. The van der Waals surface area contributed by atoms with Gasteiger partial charge < -0.3 is 20.3 Å². The zero-order valence-electron chi connectivity index (χ0n) is 9.40. The maximum absolute atomic E-state index is 8.92. The summed E-state index contributed by atoms with van der Waals surface area (Å²) in [7, 11) is 0. The van der Waals surface area contributed by atoms with Gasteiger partial charge in [-0.2, -0.15) is 0 Å². The number of benzene rings is 1. The molecule has 0 aliphatic carbocycles.